The summed E-state index contributed by atoms with van der Waals surface area (Å²) in [6.45, 7) is 6.09. The molecule has 1 N–H and O–H groups in total. The SMILES string of the molecule is CCNCC1CCN(C(=O)c2ccc3c(c2)CCC3)CC1. The average Bonchev–Trinajstić information content (AvgIpc) is 3.00. The van der Waals surface area contributed by atoms with Gasteiger partial charge in [0, 0.05) is 18.7 Å². The van der Waals surface area contributed by atoms with E-state index in [2.05, 4.69) is 24.4 Å². The lowest BCUT2D eigenvalue weighted by molar-refractivity contribution is 0.0690. The molecule has 0 bridgehead atoms. The van der Waals surface area contributed by atoms with Crippen LogP contribution in [0.25, 0.3) is 0 Å². The van der Waals surface area contributed by atoms with E-state index in [1.807, 2.05) is 11.0 Å². The Morgan fingerprint density at radius 2 is 2.00 bits per heavy atom. The van der Waals surface area contributed by atoms with Crippen LogP contribution in [0.3, 0.4) is 0 Å². The molecule has 1 aromatic rings. The second kappa shape index (κ2) is 6.61. The summed E-state index contributed by atoms with van der Waals surface area (Å²) in [6.07, 6.45) is 5.82. The number of likely N-dealkylation sites (tertiary alicyclic amines) is 1. The fourth-order valence-electron chi connectivity index (χ4n) is 3.58. The van der Waals surface area contributed by atoms with Gasteiger partial charge in [-0.25, -0.2) is 0 Å². The minimum atomic E-state index is 0.228. The van der Waals surface area contributed by atoms with Gasteiger partial charge in [-0.15, -0.1) is 0 Å². The third-order valence-corrected chi connectivity index (χ3v) is 4.93. The van der Waals surface area contributed by atoms with Crippen LogP contribution in [0.5, 0.6) is 0 Å². The van der Waals surface area contributed by atoms with Crippen LogP contribution in [-0.2, 0) is 12.8 Å². The molecule has 3 rings (SSSR count). The summed E-state index contributed by atoms with van der Waals surface area (Å²) in [5.74, 6) is 0.959. The number of rotatable bonds is 4. The topological polar surface area (TPSA) is 32.3 Å². The van der Waals surface area contributed by atoms with E-state index < -0.39 is 0 Å². The largest absolute Gasteiger partial charge is 0.339 e. The maximum atomic E-state index is 12.6. The molecule has 0 spiro atoms. The highest BCUT2D eigenvalue weighted by atomic mass is 16.2. The van der Waals surface area contributed by atoms with E-state index >= 15 is 0 Å². The Morgan fingerprint density at radius 1 is 1.24 bits per heavy atom. The van der Waals surface area contributed by atoms with Crippen molar-refractivity contribution in [3.8, 4) is 0 Å². The van der Waals surface area contributed by atoms with Crippen LogP contribution in [0, 0.1) is 5.92 Å². The molecule has 0 radical (unpaired) electrons. The normalized spacial score (nSPS) is 18.8. The molecule has 3 nitrogen and oxygen atoms in total. The molecule has 0 unspecified atom stereocenters. The zero-order valence-corrected chi connectivity index (χ0v) is 13.0. The van der Waals surface area contributed by atoms with Gasteiger partial charge in [0.1, 0.15) is 0 Å². The number of benzene rings is 1. The minimum absolute atomic E-state index is 0.228. The second-order valence-corrected chi connectivity index (χ2v) is 6.38. The van der Waals surface area contributed by atoms with Crippen molar-refractivity contribution in [3.63, 3.8) is 0 Å². The lowest BCUT2D eigenvalue weighted by Crippen LogP contribution is -2.40. The number of amides is 1. The summed E-state index contributed by atoms with van der Waals surface area (Å²) in [6, 6.07) is 6.32. The zero-order valence-electron chi connectivity index (χ0n) is 13.0. The number of carbonyl (C=O) groups is 1. The number of piperidine rings is 1. The molecule has 1 aromatic carbocycles. The summed E-state index contributed by atoms with van der Waals surface area (Å²) < 4.78 is 0. The molecule has 21 heavy (non-hydrogen) atoms. The first-order chi connectivity index (χ1) is 10.3. The van der Waals surface area contributed by atoms with Crippen molar-refractivity contribution in [3.05, 3.63) is 34.9 Å². The lowest BCUT2D eigenvalue weighted by Gasteiger charge is -2.32. The number of nitrogens with one attached hydrogen (secondary N) is 1. The Kier molecular flexibility index (Phi) is 4.59. The van der Waals surface area contributed by atoms with Crippen molar-refractivity contribution in [2.75, 3.05) is 26.2 Å². The van der Waals surface area contributed by atoms with Crippen molar-refractivity contribution in [1.29, 1.82) is 0 Å². The average molecular weight is 286 g/mol. The van der Waals surface area contributed by atoms with E-state index in [0.29, 0.717) is 0 Å². The zero-order chi connectivity index (χ0) is 14.7. The Hall–Kier alpha value is -1.35. The van der Waals surface area contributed by atoms with E-state index in [1.165, 1.54) is 24.0 Å². The monoisotopic (exact) mass is 286 g/mol. The molecule has 1 amide bonds. The van der Waals surface area contributed by atoms with Gasteiger partial charge in [-0.05, 0) is 74.4 Å². The first kappa shape index (κ1) is 14.6. The molecule has 0 atom stereocenters. The highest BCUT2D eigenvalue weighted by Crippen LogP contribution is 2.24. The molecule has 0 saturated carbocycles. The van der Waals surface area contributed by atoms with E-state index in [-0.39, 0.29) is 5.91 Å². The standard InChI is InChI=1S/C18H26N2O/c1-2-19-13-14-8-10-20(11-9-14)18(21)17-7-6-15-4-3-5-16(15)12-17/h6-7,12,14,19H,2-5,8-11,13H2,1H3. The molecule has 2 aliphatic rings. The number of nitrogens with zero attached hydrogens (tertiary/aromatic N) is 1. The van der Waals surface area contributed by atoms with Crippen molar-refractivity contribution in [1.82, 2.24) is 10.2 Å². The number of carbonyl (C=O) groups excluding carboxylic acids is 1. The van der Waals surface area contributed by atoms with Gasteiger partial charge in [0.2, 0.25) is 0 Å². The molecule has 114 valence electrons. The summed E-state index contributed by atoms with van der Waals surface area (Å²) in [5.41, 5.74) is 3.72. The summed E-state index contributed by atoms with van der Waals surface area (Å²) in [4.78, 5) is 14.7. The van der Waals surface area contributed by atoms with Crippen LogP contribution >= 0.6 is 0 Å². The van der Waals surface area contributed by atoms with Gasteiger partial charge >= 0.3 is 0 Å². The maximum Gasteiger partial charge on any atom is 0.253 e. The van der Waals surface area contributed by atoms with Gasteiger partial charge in [-0.2, -0.15) is 0 Å². The number of hydrogen-bond acceptors (Lipinski definition) is 2. The van der Waals surface area contributed by atoms with Crippen molar-refractivity contribution < 1.29 is 4.79 Å². The number of hydrogen-bond donors (Lipinski definition) is 1. The Morgan fingerprint density at radius 3 is 2.76 bits per heavy atom. The van der Waals surface area contributed by atoms with Gasteiger partial charge in [0.15, 0.2) is 0 Å². The fourth-order valence-corrected chi connectivity index (χ4v) is 3.58. The molecule has 1 aliphatic heterocycles. The van der Waals surface area contributed by atoms with E-state index in [4.69, 9.17) is 0 Å². The predicted octanol–water partition coefficient (Wildman–Crippen LogP) is 2.64. The molecule has 1 saturated heterocycles. The van der Waals surface area contributed by atoms with Crippen molar-refractivity contribution in [2.45, 2.75) is 39.0 Å². The molecular formula is C18H26N2O. The first-order valence-electron chi connectivity index (χ1n) is 8.39. The molecular weight excluding hydrogens is 260 g/mol. The minimum Gasteiger partial charge on any atom is -0.339 e. The quantitative estimate of drug-likeness (QED) is 0.923. The smallest absolute Gasteiger partial charge is 0.253 e. The van der Waals surface area contributed by atoms with Crippen LogP contribution in [0.15, 0.2) is 18.2 Å². The third-order valence-electron chi connectivity index (χ3n) is 4.93. The van der Waals surface area contributed by atoms with E-state index in [1.54, 1.807) is 0 Å². The first-order valence-corrected chi connectivity index (χ1v) is 8.39. The molecule has 1 aliphatic carbocycles. The number of fused-ring (bicyclic) bond motifs is 1. The predicted molar refractivity (Wildman–Crippen MR) is 85.6 cm³/mol. The Labute approximate surface area is 127 Å². The molecule has 1 heterocycles. The van der Waals surface area contributed by atoms with Gasteiger partial charge in [0.05, 0.1) is 0 Å². The van der Waals surface area contributed by atoms with E-state index in [9.17, 15) is 4.79 Å². The van der Waals surface area contributed by atoms with Gasteiger partial charge < -0.3 is 10.2 Å². The molecule has 3 heteroatoms. The van der Waals surface area contributed by atoms with Crippen LogP contribution in [0.4, 0.5) is 0 Å². The van der Waals surface area contributed by atoms with Crippen molar-refractivity contribution >= 4 is 5.91 Å². The van der Waals surface area contributed by atoms with Gasteiger partial charge in [0.25, 0.3) is 5.91 Å². The second-order valence-electron chi connectivity index (χ2n) is 6.38. The highest BCUT2D eigenvalue weighted by molar-refractivity contribution is 5.94. The Balaban J connectivity index is 1.59. The molecule has 0 aromatic heterocycles. The Bertz CT molecular complexity index is 504. The van der Waals surface area contributed by atoms with Crippen LogP contribution in [0.2, 0.25) is 0 Å². The van der Waals surface area contributed by atoms with Crippen molar-refractivity contribution in [2.24, 2.45) is 5.92 Å². The lowest BCUT2D eigenvalue weighted by atomic mass is 9.96. The third kappa shape index (κ3) is 3.29. The van der Waals surface area contributed by atoms with Crippen LogP contribution in [-0.4, -0.2) is 37.0 Å². The highest BCUT2D eigenvalue weighted by Gasteiger charge is 2.24. The van der Waals surface area contributed by atoms with Crippen LogP contribution in [0.1, 0.15) is 47.7 Å². The summed E-state index contributed by atoms with van der Waals surface area (Å²) in [7, 11) is 0. The van der Waals surface area contributed by atoms with Crippen LogP contribution < -0.4 is 5.32 Å². The summed E-state index contributed by atoms with van der Waals surface area (Å²) in [5, 5.41) is 3.42. The summed E-state index contributed by atoms with van der Waals surface area (Å²) >= 11 is 0. The number of aryl methyl sites for hydroxylation is 2. The molecule has 1 fully saturated rings. The van der Waals surface area contributed by atoms with Gasteiger partial charge in [-0.3, -0.25) is 4.79 Å². The van der Waals surface area contributed by atoms with E-state index in [0.717, 1.165) is 56.9 Å². The van der Waals surface area contributed by atoms with Gasteiger partial charge in [-0.1, -0.05) is 13.0 Å². The fraction of sp³-hybridized carbons (Fsp3) is 0.611. The maximum absolute atomic E-state index is 12.6.